The van der Waals surface area contributed by atoms with Gasteiger partial charge in [-0.1, -0.05) is 19.1 Å². The first-order valence-corrected chi connectivity index (χ1v) is 9.69. The van der Waals surface area contributed by atoms with Crippen LogP contribution in [0.3, 0.4) is 0 Å². The molecule has 1 saturated heterocycles. The highest BCUT2D eigenvalue weighted by atomic mass is 16.5. The first-order valence-electron chi connectivity index (χ1n) is 9.69. The molecule has 2 fully saturated rings. The van der Waals surface area contributed by atoms with Crippen molar-refractivity contribution in [2.75, 3.05) is 13.1 Å². The molecule has 2 amide bonds. The van der Waals surface area contributed by atoms with Gasteiger partial charge in [-0.25, -0.2) is 0 Å². The number of likely N-dealkylation sites (N-methyl/N-ethyl adjacent to an activating group) is 1. The molecule has 26 heavy (non-hydrogen) atoms. The zero-order valence-corrected chi connectivity index (χ0v) is 15.3. The molecule has 1 saturated carbocycles. The fraction of sp³-hybridized carbons (Fsp3) is 0.600. The number of carbonyl (C=O) groups is 2. The number of carbonyl (C=O) groups excluding carboxylic acids is 2. The zero-order chi connectivity index (χ0) is 18.1. The Kier molecular flexibility index (Phi) is 4.96. The minimum atomic E-state index is -0.0273. The highest BCUT2D eigenvalue weighted by Gasteiger charge is 2.35. The van der Waals surface area contributed by atoms with Crippen LogP contribution in [0, 0.1) is 0 Å². The number of rotatable bonds is 5. The minimum Gasteiger partial charge on any atom is -0.372 e. The van der Waals surface area contributed by atoms with Gasteiger partial charge in [0.25, 0.3) is 5.91 Å². The van der Waals surface area contributed by atoms with Crippen LogP contribution in [0.2, 0.25) is 0 Å². The van der Waals surface area contributed by atoms with E-state index in [9.17, 15) is 9.59 Å². The Morgan fingerprint density at radius 3 is 2.69 bits per heavy atom. The van der Waals surface area contributed by atoms with Crippen LogP contribution in [0.5, 0.6) is 0 Å². The van der Waals surface area contributed by atoms with E-state index >= 15 is 0 Å². The molecule has 3 aliphatic rings. The highest BCUT2D eigenvalue weighted by Crippen LogP contribution is 2.25. The van der Waals surface area contributed by atoms with Crippen molar-refractivity contribution in [1.29, 1.82) is 0 Å². The first-order chi connectivity index (χ1) is 12.7. The van der Waals surface area contributed by atoms with Crippen LogP contribution in [-0.4, -0.2) is 47.9 Å². The number of benzene rings is 1. The van der Waals surface area contributed by atoms with Gasteiger partial charge in [-0.3, -0.25) is 14.5 Å². The molecule has 1 aliphatic carbocycles. The van der Waals surface area contributed by atoms with E-state index in [2.05, 4.69) is 22.5 Å². The third-order valence-electron chi connectivity index (χ3n) is 5.98. The lowest BCUT2D eigenvalue weighted by Crippen LogP contribution is -2.57. The molecule has 1 aromatic carbocycles. The van der Waals surface area contributed by atoms with E-state index < -0.39 is 0 Å². The molecule has 2 aliphatic heterocycles. The summed E-state index contributed by atoms with van der Waals surface area (Å²) < 4.78 is 5.46. The van der Waals surface area contributed by atoms with Crippen molar-refractivity contribution in [2.24, 2.45) is 0 Å². The summed E-state index contributed by atoms with van der Waals surface area (Å²) in [5.41, 5.74) is 2.84. The van der Waals surface area contributed by atoms with Gasteiger partial charge in [-0.05, 0) is 49.4 Å². The van der Waals surface area contributed by atoms with Gasteiger partial charge >= 0.3 is 0 Å². The van der Waals surface area contributed by atoms with Gasteiger partial charge in [0, 0.05) is 24.2 Å². The van der Waals surface area contributed by atoms with Gasteiger partial charge in [0.05, 0.1) is 19.3 Å². The molecular formula is C20H27N3O3. The molecular weight excluding hydrogens is 330 g/mol. The van der Waals surface area contributed by atoms with Crippen molar-refractivity contribution >= 4 is 11.8 Å². The average Bonchev–Trinajstić information content (AvgIpc) is 3.23. The lowest BCUT2D eigenvalue weighted by atomic mass is 10.0. The second-order valence-corrected chi connectivity index (χ2v) is 7.56. The molecule has 4 rings (SSSR count). The Balaban J connectivity index is 1.30. The van der Waals surface area contributed by atoms with E-state index in [0.29, 0.717) is 13.2 Å². The molecule has 6 nitrogen and oxygen atoms in total. The predicted molar refractivity (Wildman–Crippen MR) is 97.6 cm³/mol. The topological polar surface area (TPSA) is 70.7 Å². The SMILES string of the molecule is CCN1CCC1C(=O)N[C@@H]1CC[C@H](NC(=O)c2cccc3c2COC3)C1. The van der Waals surface area contributed by atoms with Gasteiger partial charge in [-0.15, -0.1) is 0 Å². The van der Waals surface area contributed by atoms with E-state index in [1.54, 1.807) is 0 Å². The highest BCUT2D eigenvalue weighted by molar-refractivity contribution is 5.96. The molecule has 3 atom stereocenters. The summed E-state index contributed by atoms with van der Waals surface area (Å²) in [6, 6.07) is 6.12. The van der Waals surface area contributed by atoms with Crippen LogP contribution < -0.4 is 10.6 Å². The standard InChI is InChI=1S/C20H27N3O3/c1-2-23-9-8-18(23)20(25)22-15-7-6-14(10-15)21-19(24)16-5-3-4-13-11-26-12-17(13)16/h3-5,14-15,18H,2,6-12H2,1H3,(H,21,24)(H,22,25)/t14-,15+,18?/m0/s1. The molecule has 140 valence electrons. The Labute approximate surface area is 154 Å². The number of likely N-dealkylation sites (tertiary alicyclic amines) is 1. The fourth-order valence-corrected chi connectivity index (χ4v) is 4.34. The number of ether oxygens (including phenoxy) is 1. The Bertz CT molecular complexity index is 704. The molecule has 1 unspecified atom stereocenters. The van der Waals surface area contributed by atoms with Crippen molar-refractivity contribution in [3.8, 4) is 0 Å². The van der Waals surface area contributed by atoms with Crippen LogP contribution in [0.25, 0.3) is 0 Å². The van der Waals surface area contributed by atoms with Crippen molar-refractivity contribution in [2.45, 2.75) is 63.9 Å². The second-order valence-electron chi connectivity index (χ2n) is 7.56. The minimum absolute atomic E-state index is 0.0273. The normalized spacial score (nSPS) is 27.7. The number of hydrogen-bond acceptors (Lipinski definition) is 4. The van der Waals surface area contributed by atoms with Crippen LogP contribution in [0.15, 0.2) is 18.2 Å². The third-order valence-corrected chi connectivity index (χ3v) is 5.98. The molecule has 0 bridgehead atoms. The summed E-state index contributed by atoms with van der Waals surface area (Å²) in [6.07, 6.45) is 3.59. The van der Waals surface area contributed by atoms with E-state index in [1.807, 2.05) is 18.2 Å². The summed E-state index contributed by atoms with van der Waals surface area (Å²) in [5.74, 6) is 0.119. The lowest BCUT2D eigenvalue weighted by Gasteiger charge is -2.39. The van der Waals surface area contributed by atoms with Crippen LogP contribution in [0.4, 0.5) is 0 Å². The second kappa shape index (κ2) is 7.37. The molecule has 2 heterocycles. The number of nitrogens with one attached hydrogen (secondary N) is 2. The number of amides is 2. The smallest absolute Gasteiger partial charge is 0.251 e. The number of hydrogen-bond donors (Lipinski definition) is 2. The molecule has 2 N–H and O–H groups in total. The predicted octanol–water partition coefficient (Wildman–Crippen LogP) is 1.58. The monoisotopic (exact) mass is 357 g/mol. The Morgan fingerprint density at radius 2 is 1.96 bits per heavy atom. The van der Waals surface area contributed by atoms with Gasteiger partial charge in [0.15, 0.2) is 0 Å². The lowest BCUT2D eigenvalue weighted by molar-refractivity contribution is -0.131. The molecule has 0 aromatic heterocycles. The largest absolute Gasteiger partial charge is 0.372 e. The van der Waals surface area contributed by atoms with Crippen molar-refractivity contribution < 1.29 is 14.3 Å². The Morgan fingerprint density at radius 1 is 1.15 bits per heavy atom. The van der Waals surface area contributed by atoms with Crippen molar-refractivity contribution in [3.63, 3.8) is 0 Å². The fourth-order valence-electron chi connectivity index (χ4n) is 4.34. The molecule has 6 heteroatoms. The molecule has 1 aromatic rings. The maximum atomic E-state index is 12.7. The average molecular weight is 357 g/mol. The summed E-state index contributed by atoms with van der Waals surface area (Å²) in [7, 11) is 0. The van der Waals surface area contributed by atoms with Gasteiger partial charge in [-0.2, -0.15) is 0 Å². The third kappa shape index (κ3) is 3.35. The molecule has 0 radical (unpaired) electrons. The van der Waals surface area contributed by atoms with Crippen LogP contribution in [0.1, 0.15) is 54.1 Å². The van der Waals surface area contributed by atoms with Crippen molar-refractivity contribution in [3.05, 3.63) is 34.9 Å². The quantitative estimate of drug-likeness (QED) is 0.839. The van der Waals surface area contributed by atoms with Gasteiger partial charge in [0.2, 0.25) is 5.91 Å². The van der Waals surface area contributed by atoms with E-state index in [0.717, 1.165) is 55.5 Å². The molecule has 0 spiro atoms. The van der Waals surface area contributed by atoms with E-state index in [-0.39, 0.29) is 29.9 Å². The summed E-state index contributed by atoms with van der Waals surface area (Å²) in [4.78, 5) is 27.2. The van der Waals surface area contributed by atoms with E-state index in [4.69, 9.17) is 4.74 Å². The zero-order valence-electron chi connectivity index (χ0n) is 15.3. The summed E-state index contributed by atoms with van der Waals surface area (Å²) >= 11 is 0. The maximum absolute atomic E-state index is 12.7. The number of fused-ring (bicyclic) bond motifs is 1. The van der Waals surface area contributed by atoms with Gasteiger partial charge < -0.3 is 15.4 Å². The Hall–Kier alpha value is -1.92. The summed E-state index contributed by atoms with van der Waals surface area (Å²) in [6.45, 7) is 5.13. The maximum Gasteiger partial charge on any atom is 0.251 e. The van der Waals surface area contributed by atoms with E-state index in [1.165, 1.54) is 0 Å². The summed E-state index contributed by atoms with van der Waals surface area (Å²) in [5, 5.41) is 6.33. The van der Waals surface area contributed by atoms with Crippen LogP contribution >= 0.6 is 0 Å². The van der Waals surface area contributed by atoms with Crippen molar-refractivity contribution in [1.82, 2.24) is 15.5 Å². The first kappa shape index (κ1) is 17.5. The van der Waals surface area contributed by atoms with Crippen LogP contribution in [-0.2, 0) is 22.7 Å². The number of nitrogens with zero attached hydrogens (tertiary/aromatic N) is 1. The van der Waals surface area contributed by atoms with Gasteiger partial charge in [0.1, 0.15) is 0 Å².